The van der Waals surface area contributed by atoms with Crippen LogP contribution in [0.25, 0.3) is 11.5 Å². The molecular formula is C17H13F4N5O2. The van der Waals surface area contributed by atoms with Gasteiger partial charge in [-0.1, -0.05) is 12.1 Å². The summed E-state index contributed by atoms with van der Waals surface area (Å²) in [6.07, 6.45) is -0.200. The first kappa shape index (κ1) is 18.1. The molecule has 1 saturated carbocycles. The van der Waals surface area contributed by atoms with Gasteiger partial charge >= 0.3 is 13.0 Å². The van der Waals surface area contributed by atoms with Crippen molar-refractivity contribution in [3.8, 4) is 17.2 Å². The molecule has 1 aliphatic carbocycles. The lowest BCUT2D eigenvalue weighted by Crippen LogP contribution is -2.15. The quantitative estimate of drug-likeness (QED) is 0.635. The van der Waals surface area contributed by atoms with Crippen molar-refractivity contribution in [1.29, 1.82) is 0 Å². The Balaban J connectivity index is 1.74. The van der Waals surface area contributed by atoms with Crippen molar-refractivity contribution in [1.82, 2.24) is 20.2 Å². The lowest BCUT2D eigenvalue weighted by molar-refractivity contribution is -0.0498. The first-order chi connectivity index (χ1) is 13.4. The summed E-state index contributed by atoms with van der Waals surface area (Å²) in [6, 6.07) is 6.14. The topological polar surface area (TPSA) is 100.0 Å². The van der Waals surface area contributed by atoms with E-state index in [1.807, 2.05) is 0 Å². The first-order valence-corrected chi connectivity index (χ1v) is 8.19. The van der Waals surface area contributed by atoms with Gasteiger partial charge in [-0.15, -0.1) is 10.2 Å². The maximum Gasteiger partial charge on any atom is 0.387 e. The van der Waals surface area contributed by atoms with Gasteiger partial charge in [0.2, 0.25) is 5.95 Å². The number of alkyl halides is 4. The average molecular weight is 395 g/mol. The summed E-state index contributed by atoms with van der Waals surface area (Å²) in [5.41, 5.74) is 6.66. The summed E-state index contributed by atoms with van der Waals surface area (Å²) < 4.78 is 59.7. The number of aromatic nitrogens is 4. The van der Waals surface area contributed by atoms with Crippen molar-refractivity contribution in [3.05, 3.63) is 47.6 Å². The number of ether oxygens (including phenoxy) is 1. The maximum atomic E-state index is 12.8. The van der Waals surface area contributed by atoms with E-state index < -0.39 is 24.3 Å². The standard InChI is InChI=1S/C17H13F4N5O2/c18-12(19)14-26-25-13(28-14)10-7-23-16(22)24-11(10)17(5-6-17)8-1-3-9(4-2-8)27-15(20)21/h1-4,7,12,15H,5-6H2,(H2,22,23,24). The predicted molar refractivity (Wildman–Crippen MR) is 87.8 cm³/mol. The zero-order chi connectivity index (χ0) is 19.9. The van der Waals surface area contributed by atoms with Crippen molar-refractivity contribution in [3.63, 3.8) is 0 Å². The second kappa shape index (κ2) is 6.73. The molecule has 3 aromatic rings. The molecule has 0 unspecified atom stereocenters. The smallest absolute Gasteiger partial charge is 0.387 e. The predicted octanol–water partition coefficient (Wildman–Crippen LogP) is 3.73. The number of halogens is 4. The minimum atomic E-state index is -2.92. The van der Waals surface area contributed by atoms with Crippen molar-refractivity contribution in [2.45, 2.75) is 31.3 Å². The lowest BCUT2D eigenvalue weighted by Gasteiger charge is -2.18. The number of hydrogen-bond donors (Lipinski definition) is 1. The molecule has 2 heterocycles. The molecule has 1 fully saturated rings. The van der Waals surface area contributed by atoms with Gasteiger partial charge in [-0.3, -0.25) is 0 Å². The van der Waals surface area contributed by atoms with Gasteiger partial charge in [-0.2, -0.15) is 17.6 Å². The third-order valence-corrected chi connectivity index (χ3v) is 4.50. The van der Waals surface area contributed by atoms with Crippen LogP contribution in [-0.2, 0) is 5.41 Å². The molecule has 4 rings (SSSR count). The fraction of sp³-hybridized carbons (Fsp3) is 0.294. The van der Waals surface area contributed by atoms with E-state index in [4.69, 9.17) is 10.2 Å². The van der Waals surface area contributed by atoms with Gasteiger partial charge < -0.3 is 14.9 Å². The van der Waals surface area contributed by atoms with E-state index in [9.17, 15) is 17.6 Å². The molecular weight excluding hydrogens is 382 g/mol. The Kier molecular flexibility index (Phi) is 4.36. The molecule has 2 N–H and O–H groups in total. The van der Waals surface area contributed by atoms with E-state index in [1.54, 1.807) is 12.1 Å². The minimum absolute atomic E-state index is 0.00345. The molecule has 0 spiro atoms. The number of hydrogen-bond acceptors (Lipinski definition) is 7. The molecule has 0 radical (unpaired) electrons. The van der Waals surface area contributed by atoms with Crippen LogP contribution in [0.15, 0.2) is 34.9 Å². The summed E-state index contributed by atoms with van der Waals surface area (Å²) in [7, 11) is 0. The lowest BCUT2D eigenvalue weighted by atomic mass is 9.89. The Labute approximate surface area is 155 Å². The van der Waals surface area contributed by atoms with E-state index in [1.165, 1.54) is 18.3 Å². The molecule has 0 saturated heterocycles. The highest BCUT2D eigenvalue weighted by atomic mass is 19.3. The number of benzene rings is 1. The molecule has 0 atom stereocenters. The Morgan fingerprint density at radius 2 is 1.79 bits per heavy atom. The highest BCUT2D eigenvalue weighted by Crippen LogP contribution is 2.55. The Bertz CT molecular complexity index is 989. The summed E-state index contributed by atoms with van der Waals surface area (Å²) in [5, 5.41) is 6.99. The highest BCUT2D eigenvalue weighted by molar-refractivity contribution is 5.62. The number of nitrogens with two attached hydrogens (primary N) is 1. The van der Waals surface area contributed by atoms with Gasteiger partial charge in [-0.05, 0) is 30.5 Å². The van der Waals surface area contributed by atoms with Crippen LogP contribution >= 0.6 is 0 Å². The monoisotopic (exact) mass is 395 g/mol. The molecule has 1 aliphatic rings. The van der Waals surface area contributed by atoms with E-state index in [2.05, 4.69) is 24.9 Å². The van der Waals surface area contributed by atoms with Gasteiger partial charge in [0, 0.05) is 11.6 Å². The number of nitrogens with zero attached hydrogens (tertiary/aromatic N) is 4. The van der Waals surface area contributed by atoms with Gasteiger partial charge in [0.05, 0.1) is 11.3 Å². The zero-order valence-corrected chi connectivity index (χ0v) is 14.2. The van der Waals surface area contributed by atoms with Crippen LogP contribution in [0.2, 0.25) is 0 Å². The molecule has 7 nitrogen and oxygen atoms in total. The Morgan fingerprint density at radius 3 is 2.36 bits per heavy atom. The van der Waals surface area contributed by atoms with Gasteiger partial charge in [0.1, 0.15) is 5.75 Å². The van der Waals surface area contributed by atoms with Gasteiger partial charge in [0.15, 0.2) is 0 Å². The SMILES string of the molecule is Nc1ncc(-c2nnc(C(F)F)o2)c(C2(c3ccc(OC(F)F)cc3)CC2)n1. The summed E-state index contributed by atoms with van der Waals surface area (Å²) >= 11 is 0. The van der Waals surface area contributed by atoms with Crippen molar-refractivity contribution in [2.24, 2.45) is 0 Å². The molecule has 0 amide bonds. The number of nitrogen functional groups attached to an aromatic ring is 1. The van der Waals surface area contributed by atoms with Crippen LogP contribution in [0, 0.1) is 0 Å². The summed E-state index contributed by atoms with van der Waals surface area (Å²) in [4.78, 5) is 8.19. The summed E-state index contributed by atoms with van der Waals surface area (Å²) in [5.74, 6) is -0.933. The van der Waals surface area contributed by atoms with E-state index in [0.29, 0.717) is 24.1 Å². The van der Waals surface area contributed by atoms with Crippen LogP contribution in [0.5, 0.6) is 5.75 Å². The van der Waals surface area contributed by atoms with Crippen LogP contribution in [0.3, 0.4) is 0 Å². The average Bonchev–Trinajstić information content (AvgIpc) is 3.31. The molecule has 28 heavy (non-hydrogen) atoms. The van der Waals surface area contributed by atoms with Gasteiger partial charge in [0.25, 0.3) is 11.8 Å². The molecule has 11 heteroatoms. The fourth-order valence-corrected chi connectivity index (χ4v) is 3.09. The number of anilines is 1. The van der Waals surface area contributed by atoms with Crippen molar-refractivity contribution >= 4 is 5.95 Å². The molecule has 2 aromatic heterocycles. The normalized spacial score (nSPS) is 15.2. The molecule has 0 aliphatic heterocycles. The van der Waals surface area contributed by atoms with Gasteiger partial charge in [-0.25, -0.2) is 9.97 Å². The Morgan fingerprint density at radius 1 is 1.07 bits per heavy atom. The molecule has 146 valence electrons. The Hall–Kier alpha value is -3.24. The van der Waals surface area contributed by atoms with Crippen LogP contribution in [-0.4, -0.2) is 26.8 Å². The van der Waals surface area contributed by atoms with Crippen molar-refractivity contribution in [2.75, 3.05) is 5.73 Å². The number of rotatable bonds is 6. The second-order valence-electron chi connectivity index (χ2n) is 6.22. The zero-order valence-electron chi connectivity index (χ0n) is 14.2. The molecule has 0 bridgehead atoms. The third-order valence-electron chi connectivity index (χ3n) is 4.50. The first-order valence-electron chi connectivity index (χ1n) is 8.19. The van der Waals surface area contributed by atoms with Crippen LogP contribution in [0.4, 0.5) is 23.5 Å². The second-order valence-corrected chi connectivity index (χ2v) is 6.22. The van der Waals surface area contributed by atoms with E-state index in [-0.39, 0.29) is 17.6 Å². The van der Waals surface area contributed by atoms with E-state index in [0.717, 1.165) is 5.56 Å². The maximum absolute atomic E-state index is 12.8. The van der Waals surface area contributed by atoms with Crippen LogP contribution < -0.4 is 10.5 Å². The largest absolute Gasteiger partial charge is 0.435 e. The highest BCUT2D eigenvalue weighted by Gasteiger charge is 2.49. The molecule has 1 aromatic carbocycles. The third kappa shape index (κ3) is 3.23. The van der Waals surface area contributed by atoms with E-state index >= 15 is 0 Å². The van der Waals surface area contributed by atoms with Crippen LogP contribution in [0.1, 0.15) is 36.4 Å². The minimum Gasteiger partial charge on any atom is -0.435 e. The fourth-order valence-electron chi connectivity index (χ4n) is 3.09. The summed E-state index contributed by atoms with van der Waals surface area (Å²) in [6.45, 7) is -2.92. The van der Waals surface area contributed by atoms with Crippen molar-refractivity contribution < 1.29 is 26.7 Å².